The first-order valence-corrected chi connectivity index (χ1v) is 14.2. The highest BCUT2D eigenvalue weighted by molar-refractivity contribution is 6.30. The van der Waals surface area contributed by atoms with Crippen molar-refractivity contribution in [3.05, 3.63) is 88.9 Å². The number of amides is 2. The molecule has 9 nitrogen and oxygen atoms in total. The van der Waals surface area contributed by atoms with E-state index in [1.165, 1.54) is 12.0 Å². The summed E-state index contributed by atoms with van der Waals surface area (Å²) in [5, 5.41) is 11.2. The molecule has 2 aliphatic heterocycles. The number of methoxy groups -OCH3 is 2. The van der Waals surface area contributed by atoms with E-state index < -0.39 is 41.5 Å². The zero-order valence-electron chi connectivity index (χ0n) is 24.4. The van der Waals surface area contributed by atoms with E-state index in [4.69, 9.17) is 31.0 Å². The Morgan fingerprint density at radius 3 is 2.22 bits per heavy atom. The Labute approximate surface area is 261 Å². The third kappa shape index (κ3) is 6.52. The molecule has 0 unspecified atom stereocenters. The Hall–Kier alpha value is -4.42. The number of carboxylic acids is 1. The Kier molecular flexibility index (Phi) is 9.89. The van der Waals surface area contributed by atoms with E-state index in [1.807, 2.05) is 66.7 Å². The predicted octanol–water partition coefficient (Wildman–Crippen LogP) is 5.07. The number of carboxylic acid groups (broad SMARTS) is 1. The molecule has 2 heterocycles. The second-order valence-electron chi connectivity index (χ2n) is 10.4. The monoisotopic (exact) mass is 646 g/mol. The largest absolute Gasteiger partial charge is 0.496 e. The molecule has 2 N–H and O–H groups in total. The van der Waals surface area contributed by atoms with Crippen molar-refractivity contribution < 1.29 is 46.9 Å². The molecule has 0 bridgehead atoms. The molecule has 3 aromatic rings. The topological polar surface area (TPSA) is 122 Å². The fourth-order valence-electron chi connectivity index (χ4n) is 5.98. The lowest BCUT2D eigenvalue weighted by atomic mass is 9.76. The summed E-state index contributed by atoms with van der Waals surface area (Å²) in [6.45, 7) is 2.00. The molecule has 0 radical (unpaired) electrons. The van der Waals surface area contributed by atoms with Crippen LogP contribution in [0.1, 0.15) is 24.1 Å². The lowest BCUT2D eigenvalue weighted by Gasteiger charge is -2.32. The summed E-state index contributed by atoms with van der Waals surface area (Å²) < 4.78 is 42.7. The molecule has 0 aromatic heterocycles. The maximum Gasteiger partial charge on any atom is 0.490 e. The number of alkyl halides is 3. The van der Waals surface area contributed by atoms with E-state index >= 15 is 0 Å². The third-order valence-electron chi connectivity index (χ3n) is 7.90. The van der Waals surface area contributed by atoms with Gasteiger partial charge in [0.05, 0.1) is 26.1 Å². The maximum absolute atomic E-state index is 13.6. The van der Waals surface area contributed by atoms with Gasteiger partial charge in [-0.25, -0.2) is 4.79 Å². The number of nitrogens with one attached hydrogen (secondary N) is 1. The molecule has 13 heteroatoms. The number of rotatable bonds is 7. The van der Waals surface area contributed by atoms with Crippen LogP contribution in [0.4, 0.5) is 13.2 Å². The van der Waals surface area contributed by atoms with Crippen LogP contribution < -0.4 is 10.1 Å². The Morgan fingerprint density at radius 1 is 1.00 bits per heavy atom. The summed E-state index contributed by atoms with van der Waals surface area (Å²) in [4.78, 5) is 50.9. The summed E-state index contributed by atoms with van der Waals surface area (Å²) >= 11 is 6.22. The molecule has 0 spiro atoms. The number of imide groups is 1. The minimum Gasteiger partial charge on any atom is -0.496 e. The van der Waals surface area contributed by atoms with E-state index in [2.05, 4.69) is 5.32 Å². The van der Waals surface area contributed by atoms with Crippen LogP contribution in [-0.2, 0) is 30.3 Å². The van der Waals surface area contributed by atoms with Crippen molar-refractivity contribution >= 4 is 35.4 Å². The zero-order chi connectivity index (χ0) is 33.1. The second-order valence-corrected chi connectivity index (χ2v) is 10.9. The summed E-state index contributed by atoms with van der Waals surface area (Å²) in [6.07, 6.45) is -4.88. The van der Waals surface area contributed by atoms with Gasteiger partial charge >= 0.3 is 18.1 Å². The third-order valence-corrected chi connectivity index (χ3v) is 8.14. The van der Waals surface area contributed by atoms with Crippen molar-refractivity contribution in [3.63, 3.8) is 0 Å². The molecule has 2 aliphatic rings. The molecular formula is C32H30ClF3N2O7. The Morgan fingerprint density at radius 2 is 1.67 bits per heavy atom. The number of aliphatic carboxylic acids is 1. The molecule has 5 rings (SSSR count). The summed E-state index contributed by atoms with van der Waals surface area (Å²) in [6, 6.07) is 21.9. The van der Waals surface area contributed by atoms with Crippen molar-refractivity contribution in [3.8, 4) is 16.9 Å². The van der Waals surface area contributed by atoms with Gasteiger partial charge in [-0.15, -0.1) is 0 Å². The molecule has 0 aliphatic carbocycles. The molecule has 2 amide bonds. The molecule has 238 valence electrons. The number of hydrogen-bond acceptors (Lipinski definition) is 7. The number of esters is 1. The number of halogens is 4. The van der Waals surface area contributed by atoms with Crippen molar-refractivity contribution in [1.82, 2.24) is 10.2 Å². The predicted molar refractivity (Wildman–Crippen MR) is 157 cm³/mol. The molecule has 4 atom stereocenters. The van der Waals surface area contributed by atoms with Crippen molar-refractivity contribution in [2.24, 2.45) is 11.8 Å². The highest BCUT2D eigenvalue weighted by Gasteiger charge is 2.68. The van der Waals surface area contributed by atoms with Crippen molar-refractivity contribution in [1.29, 1.82) is 0 Å². The number of carbonyl (C=O) groups excluding carboxylic acids is 3. The molecule has 2 fully saturated rings. The van der Waals surface area contributed by atoms with E-state index in [0.29, 0.717) is 10.8 Å². The molecule has 0 saturated carbocycles. The lowest BCUT2D eigenvalue weighted by molar-refractivity contribution is -0.192. The number of benzene rings is 3. The van der Waals surface area contributed by atoms with Crippen LogP contribution in [-0.4, -0.2) is 66.2 Å². The van der Waals surface area contributed by atoms with Gasteiger partial charge < -0.3 is 14.6 Å². The SMILES string of the molecule is CCN1C(=O)[C@H]2[C@@H](c3ccc(-c4cccc(Cl)c4)c(OC)c3)N[C@@](Cc3ccccc3)(C(=O)OC)[C@H]2C1=O.O=C(O)C(F)(F)F. The highest BCUT2D eigenvalue weighted by atomic mass is 35.5. The summed E-state index contributed by atoms with van der Waals surface area (Å²) in [7, 11) is 2.88. The molecule has 3 aromatic carbocycles. The van der Waals surface area contributed by atoms with Crippen molar-refractivity contribution in [2.45, 2.75) is 31.1 Å². The van der Waals surface area contributed by atoms with Crippen LogP contribution in [0.15, 0.2) is 72.8 Å². The number of hydrogen-bond donors (Lipinski definition) is 2. The first kappa shape index (κ1) is 33.5. The number of ether oxygens (including phenoxy) is 2. The molecule has 45 heavy (non-hydrogen) atoms. The summed E-state index contributed by atoms with van der Waals surface area (Å²) in [5.41, 5.74) is 1.90. The van der Waals surface area contributed by atoms with E-state index in [0.717, 1.165) is 22.3 Å². The minimum absolute atomic E-state index is 0.201. The lowest BCUT2D eigenvalue weighted by Crippen LogP contribution is -2.57. The average molecular weight is 647 g/mol. The van der Waals surface area contributed by atoms with Crippen LogP contribution >= 0.6 is 11.6 Å². The highest BCUT2D eigenvalue weighted by Crippen LogP contribution is 2.51. The fraction of sp³-hybridized carbons (Fsp3) is 0.312. The number of nitrogens with zero attached hydrogens (tertiary/aromatic N) is 1. The number of carbonyl (C=O) groups is 4. The quantitative estimate of drug-likeness (QED) is 0.270. The van der Waals surface area contributed by atoms with Crippen LogP contribution in [0.25, 0.3) is 11.1 Å². The first-order chi connectivity index (χ1) is 21.3. The Balaban J connectivity index is 0.000000591. The maximum atomic E-state index is 13.6. The first-order valence-electron chi connectivity index (χ1n) is 13.8. The average Bonchev–Trinajstić information content (AvgIpc) is 3.49. The van der Waals surface area contributed by atoms with Crippen LogP contribution in [0.5, 0.6) is 5.75 Å². The normalized spacial score (nSPS) is 22.4. The fourth-order valence-corrected chi connectivity index (χ4v) is 6.17. The second kappa shape index (κ2) is 13.3. The minimum atomic E-state index is -5.08. The number of likely N-dealkylation sites (tertiary alicyclic amines) is 1. The van der Waals surface area contributed by atoms with Crippen LogP contribution in [0.2, 0.25) is 5.02 Å². The Bertz CT molecular complexity index is 1600. The van der Waals surface area contributed by atoms with Gasteiger partial charge in [-0.05, 0) is 41.8 Å². The summed E-state index contributed by atoms with van der Waals surface area (Å²) in [5.74, 6) is -5.07. The smallest absolute Gasteiger partial charge is 0.490 e. The number of fused-ring (bicyclic) bond motifs is 1. The van der Waals surface area contributed by atoms with Gasteiger partial charge in [0.2, 0.25) is 11.8 Å². The van der Waals surface area contributed by atoms with E-state index in [-0.39, 0.29) is 24.8 Å². The van der Waals surface area contributed by atoms with Gasteiger partial charge in [0.25, 0.3) is 0 Å². The van der Waals surface area contributed by atoms with Crippen LogP contribution in [0, 0.1) is 11.8 Å². The molecular weight excluding hydrogens is 617 g/mol. The van der Waals surface area contributed by atoms with Gasteiger partial charge in [0, 0.05) is 29.6 Å². The van der Waals surface area contributed by atoms with Gasteiger partial charge in [-0.3, -0.25) is 24.6 Å². The molecule has 2 saturated heterocycles. The zero-order valence-corrected chi connectivity index (χ0v) is 25.2. The standard InChI is InChI=1S/C30H29ClN2O5.C2HF3O2/c1-4-33-27(34)24-25(28(33)35)30(29(36)38-3,17-18-9-6-5-7-10-18)32-26(24)20-13-14-22(23(16-20)37-2)19-11-8-12-21(31)15-19;3-2(4,5)1(6)7/h5-16,24-26,32H,4,17H2,1-3H3;(H,6,7)/t24-,25-,26-,30-;/m1./s1. The van der Waals surface area contributed by atoms with E-state index in [9.17, 15) is 27.6 Å². The van der Waals surface area contributed by atoms with Crippen molar-refractivity contribution in [2.75, 3.05) is 20.8 Å². The van der Waals surface area contributed by atoms with Gasteiger partial charge in [-0.2, -0.15) is 13.2 Å². The van der Waals surface area contributed by atoms with Crippen LogP contribution in [0.3, 0.4) is 0 Å². The van der Waals surface area contributed by atoms with E-state index in [1.54, 1.807) is 20.1 Å². The van der Waals surface area contributed by atoms with Gasteiger partial charge in [-0.1, -0.05) is 66.2 Å². The van der Waals surface area contributed by atoms with Gasteiger partial charge in [0.1, 0.15) is 11.3 Å². The van der Waals surface area contributed by atoms with Gasteiger partial charge in [0.15, 0.2) is 0 Å².